The van der Waals surface area contributed by atoms with Crippen LogP contribution >= 0.6 is 0 Å². The Hall–Kier alpha value is -1.96. The SMILES string of the molecule is CCOC(=O)NCCN(c1ccc(N2CCCCC2)cc1)S(C)(=O)=O. The number of piperidine rings is 1. The fraction of sp³-hybridized carbons (Fsp3) is 0.588. The lowest BCUT2D eigenvalue weighted by atomic mass is 10.1. The zero-order valence-corrected chi connectivity index (χ0v) is 15.7. The monoisotopic (exact) mass is 369 g/mol. The topological polar surface area (TPSA) is 79.0 Å². The largest absolute Gasteiger partial charge is 0.450 e. The van der Waals surface area contributed by atoms with Crippen LogP contribution in [0, 0.1) is 0 Å². The Morgan fingerprint density at radius 1 is 1.20 bits per heavy atom. The number of rotatable bonds is 7. The van der Waals surface area contributed by atoms with E-state index in [1.165, 1.54) is 23.6 Å². The lowest BCUT2D eigenvalue weighted by Crippen LogP contribution is -2.38. The molecule has 1 saturated heterocycles. The fourth-order valence-electron chi connectivity index (χ4n) is 2.91. The molecule has 0 aromatic heterocycles. The molecule has 0 unspecified atom stereocenters. The Bertz CT molecular complexity index is 655. The van der Waals surface area contributed by atoms with Gasteiger partial charge in [0.1, 0.15) is 0 Å². The molecule has 25 heavy (non-hydrogen) atoms. The third kappa shape index (κ3) is 5.81. The van der Waals surface area contributed by atoms with Gasteiger partial charge in [-0.05, 0) is 50.5 Å². The molecule has 1 aromatic rings. The molecule has 0 spiro atoms. The van der Waals surface area contributed by atoms with Crippen molar-refractivity contribution in [2.45, 2.75) is 26.2 Å². The van der Waals surface area contributed by atoms with Crippen LogP contribution in [0.2, 0.25) is 0 Å². The average molecular weight is 369 g/mol. The zero-order chi connectivity index (χ0) is 18.3. The fourth-order valence-corrected chi connectivity index (χ4v) is 3.84. The highest BCUT2D eigenvalue weighted by atomic mass is 32.2. The van der Waals surface area contributed by atoms with Gasteiger partial charge in [-0.15, -0.1) is 0 Å². The summed E-state index contributed by atoms with van der Waals surface area (Å²) < 4.78 is 30.2. The summed E-state index contributed by atoms with van der Waals surface area (Å²) in [5.74, 6) is 0. The van der Waals surface area contributed by atoms with E-state index in [-0.39, 0.29) is 19.7 Å². The summed E-state index contributed by atoms with van der Waals surface area (Å²) >= 11 is 0. The predicted molar refractivity (Wildman–Crippen MR) is 99.7 cm³/mol. The first kappa shape index (κ1) is 19.4. The summed E-state index contributed by atoms with van der Waals surface area (Å²) in [6, 6.07) is 7.54. The van der Waals surface area contributed by atoms with E-state index in [9.17, 15) is 13.2 Å². The Morgan fingerprint density at radius 3 is 2.40 bits per heavy atom. The van der Waals surface area contributed by atoms with E-state index in [1.54, 1.807) is 6.92 Å². The van der Waals surface area contributed by atoms with Crippen LogP contribution in [0.25, 0.3) is 0 Å². The zero-order valence-electron chi connectivity index (χ0n) is 14.9. The van der Waals surface area contributed by atoms with Crippen LogP contribution < -0.4 is 14.5 Å². The van der Waals surface area contributed by atoms with Crippen molar-refractivity contribution in [3.8, 4) is 0 Å². The van der Waals surface area contributed by atoms with Gasteiger partial charge in [-0.2, -0.15) is 0 Å². The van der Waals surface area contributed by atoms with E-state index in [2.05, 4.69) is 10.2 Å². The van der Waals surface area contributed by atoms with Crippen molar-refractivity contribution < 1.29 is 17.9 Å². The van der Waals surface area contributed by atoms with E-state index in [4.69, 9.17) is 4.74 Å². The van der Waals surface area contributed by atoms with Crippen LogP contribution in [-0.2, 0) is 14.8 Å². The first-order chi connectivity index (χ1) is 11.9. The van der Waals surface area contributed by atoms with Crippen molar-refractivity contribution in [3.05, 3.63) is 24.3 Å². The van der Waals surface area contributed by atoms with Crippen LogP contribution in [0.5, 0.6) is 0 Å². The molecule has 0 atom stereocenters. The smallest absolute Gasteiger partial charge is 0.407 e. The van der Waals surface area contributed by atoms with E-state index < -0.39 is 16.1 Å². The Labute approximate surface area is 150 Å². The van der Waals surface area contributed by atoms with Gasteiger partial charge in [-0.3, -0.25) is 4.31 Å². The maximum Gasteiger partial charge on any atom is 0.407 e. The van der Waals surface area contributed by atoms with Crippen LogP contribution in [-0.4, -0.2) is 53.6 Å². The molecule has 2 rings (SSSR count). The number of nitrogens with one attached hydrogen (secondary N) is 1. The number of anilines is 2. The van der Waals surface area contributed by atoms with Gasteiger partial charge in [0.2, 0.25) is 10.0 Å². The second-order valence-electron chi connectivity index (χ2n) is 6.05. The molecule has 1 fully saturated rings. The number of hydrogen-bond donors (Lipinski definition) is 1. The minimum Gasteiger partial charge on any atom is -0.450 e. The number of amides is 1. The predicted octanol–water partition coefficient (Wildman–Crippen LogP) is 2.19. The van der Waals surface area contributed by atoms with E-state index in [1.807, 2.05) is 24.3 Å². The van der Waals surface area contributed by atoms with Gasteiger partial charge in [-0.25, -0.2) is 13.2 Å². The number of carbonyl (C=O) groups excluding carboxylic acids is 1. The lowest BCUT2D eigenvalue weighted by Gasteiger charge is -2.29. The van der Waals surface area contributed by atoms with Gasteiger partial charge in [0, 0.05) is 25.3 Å². The Balaban J connectivity index is 2.03. The third-order valence-electron chi connectivity index (χ3n) is 4.12. The van der Waals surface area contributed by atoms with E-state index in [0.717, 1.165) is 25.0 Å². The molecule has 0 saturated carbocycles. The molecule has 0 bridgehead atoms. The highest BCUT2D eigenvalue weighted by molar-refractivity contribution is 7.92. The van der Waals surface area contributed by atoms with Gasteiger partial charge in [0.15, 0.2) is 0 Å². The van der Waals surface area contributed by atoms with Crippen molar-refractivity contribution in [3.63, 3.8) is 0 Å². The standard InChI is InChI=1S/C17H27N3O4S/c1-3-24-17(21)18-11-14-20(25(2,22)23)16-9-7-15(8-10-16)19-12-5-4-6-13-19/h7-10H,3-6,11-14H2,1-2H3,(H,18,21). The minimum absolute atomic E-state index is 0.153. The van der Waals surface area contributed by atoms with Gasteiger partial charge >= 0.3 is 6.09 Å². The second-order valence-corrected chi connectivity index (χ2v) is 7.95. The number of nitrogens with zero attached hydrogens (tertiary/aromatic N) is 2. The first-order valence-corrected chi connectivity index (χ1v) is 10.5. The summed E-state index contributed by atoms with van der Waals surface area (Å²) in [7, 11) is -3.44. The molecule has 0 radical (unpaired) electrons. The van der Waals surface area contributed by atoms with Crippen molar-refractivity contribution in [1.29, 1.82) is 0 Å². The number of ether oxygens (including phenoxy) is 1. The second kappa shape index (κ2) is 8.94. The normalized spacial score (nSPS) is 14.9. The van der Waals surface area contributed by atoms with Crippen LogP contribution in [0.1, 0.15) is 26.2 Å². The first-order valence-electron chi connectivity index (χ1n) is 8.65. The molecular formula is C17H27N3O4S. The molecule has 1 heterocycles. The van der Waals surface area contributed by atoms with Crippen LogP contribution in [0.4, 0.5) is 16.2 Å². The molecule has 1 N–H and O–H groups in total. The lowest BCUT2D eigenvalue weighted by molar-refractivity contribution is 0.152. The van der Waals surface area contributed by atoms with Crippen molar-refractivity contribution in [1.82, 2.24) is 5.32 Å². The van der Waals surface area contributed by atoms with Gasteiger partial charge in [0.05, 0.1) is 25.1 Å². The summed E-state index contributed by atoms with van der Waals surface area (Å²) in [5.41, 5.74) is 1.70. The molecule has 140 valence electrons. The average Bonchev–Trinajstić information content (AvgIpc) is 2.59. The molecule has 8 heteroatoms. The van der Waals surface area contributed by atoms with E-state index in [0.29, 0.717) is 5.69 Å². The van der Waals surface area contributed by atoms with Gasteiger partial charge in [-0.1, -0.05) is 0 Å². The van der Waals surface area contributed by atoms with Crippen LogP contribution in [0.3, 0.4) is 0 Å². The quantitative estimate of drug-likeness (QED) is 0.797. The number of alkyl carbamates (subject to hydrolysis) is 1. The van der Waals surface area contributed by atoms with Crippen molar-refractivity contribution >= 4 is 27.5 Å². The summed E-state index contributed by atoms with van der Waals surface area (Å²) in [5, 5.41) is 2.54. The van der Waals surface area contributed by atoms with Crippen molar-refractivity contribution in [2.24, 2.45) is 0 Å². The Morgan fingerprint density at radius 2 is 1.84 bits per heavy atom. The molecule has 1 aliphatic heterocycles. The maximum absolute atomic E-state index is 12.1. The number of sulfonamides is 1. The van der Waals surface area contributed by atoms with Gasteiger partial charge < -0.3 is 15.0 Å². The molecule has 1 aliphatic rings. The molecular weight excluding hydrogens is 342 g/mol. The molecule has 7 nitrogen and oxygen atoms in total. The Kier molecular flexibility index (Phi) is 6.92. The summed E-state index contributed by atoms with van der Waals surface area (Å²) in [6.07, 6.45) is 4.27. The number of benzene rings is 1. The molecule has 1 amide bonds. The number of carbonyl (C=O) groups is 1. The molecule has 1 aromatic carbocycles. The van der Waals surface area contributed by atoms with E-state index >= 15 is 0 Å². The van der Waals surface area contributed by atoms with Crippen LogP contribution in [0.15, 0.2) is 24.3 Å². The minimum atomic E-state index is -3.44. The summed E-state index contributed by atoms with van der Waals surface area (Å²) in [6.45, 7) is 4.41. The van der Waals surface area contributed by atoms with Gasteiger partial charge in [0.25, 0.3) is 0 Å². The highest BCUT2D eigenvalue weighted by Crippen LogP contribution is 2.24. The third-order valence-corrected chi connectivity index (χ3v) is 5.31. The summed E-state index contributed by atoms with van der Waals surface area (Å²) in [4.78, 5) is 13.6. The highest BCUT2D eigenvalue weighted by Gasteiger charge is 2.18. The maximum atomic E-state index is 12.1. The molecule has 0 aliphatic carbocycles. The van der Waals surface area contributed by atoms with Crippen molar-refractivity contribution in [2.75, 3.05) is 48.2 Å². The number of hydrogen-bond acceptors (Lipinski definition) is 5.